The van der Waals surface area contributed by atoms with Crippen LogP contribution in [-0.2, 0) is 22.4 Å². The molecule has 2 aliphatic rings. The van der Waals surface area contributed by atoms with Crippen molar-refractivity contribution in [3.63, 3.8) is 0 Å². The number of amides is 2. The Bertz CT molecular complexity index is 2300. The zero-order valence-electron chi connectivity index (χ0n) is 51.3. The van der Waals surface area contributed by atoms with Crippen LogP contribution in [0.1, 0.15) is 295 Å². The molecule has 2 aromatic heterocycles. The number of fused-ring (bicyclic) bond motifs is 2. The van der Waals surface area contributed by atoms with Crippen molar-refractivity contribution in [1.29, 1.82) is 0 Å². The summed E-state index contributed by atoms with van der Waals surface area (Å²) in [5.41, 5.74) is 10.2. The van der Waals surface area contributed by atoms with Crippen molar-refractivity contribution in [2.24, 2.45) is 11.8 Å². The minimum Gasteiger partial charge on any atom is -0.307 e. The number of hydrogen-bond acceptors (Lipinski definition) is 4. The average Bonchev–Trinajstić information content (AvgIpc) is 4.40. The quantitative estimate of drug-likeness (QED) is 0.0327. The van der Waals surface area contributed by atoms with Crippen molar-refractivity contribution >= 4 is 88.9 Å². The molecule has 444 valence electrons. The molecule has 4 nitrogen and oxygen atoms in total. The number of halogens is 2. The second kappa shape index (κ2) is 37.7. The van der Waals surface area contributed by atoms with Gasteiger partial charge >= 0.3 is 0 Å². The maximum Gasteiger partial charge on any atom is 0.259 e. The van der Waals surface area contributed by atoms with E-state index in [1.807, 2.05) is 22.7 Å². The lowest BCUT2D eigenvalue weighted by molar-refractivity contribution is -0.114. The summed E-state index contributed by atoms with van der Waals surface area (Å²) in [5.74, 6) is 0.832. The second-order valence-corrected chi connectivity index (χ2v) is 29.2. The van der Waals surface area contributed by atoms with Crippen LogP contribution < -0.4 is 9.80 Å². The highest BCUT2D eigenvalue weighted by Gasteiger charge is 2.43. The summed E-state index contributed by atoms with van der Waals surface area (Å²) in [4.78, 5) is 38.7. The van der Waals surface area contributed by atoms with Crippen molar-refractivity contribution in [3.05, 3.63) is 78.4 Å². The van der Waals surface area contributed by atoms with E-state index in [4.69, 9.17) is 0 Å². The third-order valence-corrected chi connectivity index (χ3v) is 21.7. The van der Waals surface area contributed by atoms with Gasteiger partial charge in [0.25, 0.3) is 11.8 Å². The average molecular weight is 1260 g/mol. The standard InChI is InChI=1S/C72H108Br2N2O2S2/c1-7-13-19-25-29-35-41-55(39-33-23-17-11-5)53-75-63-49-57(65-51-59(69(73)79-65)43-37-31-27-21-15-9-3)45-47-61(63)67(71(75)77)68-62-48-46-58(66-52-60(70(74)80-66)44-38-32-28-22-16-10-4)50-64(62)76(72(68)78)54-56(40-34-24-18-12-6)42-36-30-26-20-14-8-2/h45-52,55-56H,7-44,53-54H2,1-6H3. The topological polar surface area (TPSA) is 40.6 Å². The first-order valence-electron chi connectivity index (χ1n) is 33.4. The van der Waals surface area contributed by atoms with Gasteiger partial charge in [0, 0.05) is 34.0 Å². The summed E-state index contributed by atoms with van der Waals surface area (Å²) in [5, 5.41) is 0. The zero-order chi connectivity index (χ0) is 56.9. The smallest absolute Gasteiger partial charge is 0.259 e. The Kier molecular flexibility index (Phi) is 31.4. The van der Waals surface area contributed by atoms with Crippen molar-refractivity contribution in [1.82, 2.24) is 0 Å². The van der Waals surface area contributed by atoms with Gasteiger partial charge in [0.2, 0.25) is 0 Å². The second-order valence-electron chi connectivity index (χ2n) is 24.4. The summed E-state index contributed by atoms with van der Waals surface area (Å²) in [6.07, 6.45) is 47.3. The lowest BCUT2D eigenvalue weighted by Crippen LogP contribution is -2.34. The maximum absolute atomic E-state index is 15.9. The normalized spacial score (nSPS) is 15.0. The predicted octanol–water partition coefficient (Wildman–Crippen LogP) is 24.8. The van der Waals surface area contributed by atoms with Crippen molar-refractivity contribution in [2.75, 3.05) is 22.9 Å². The van der Waals surface area contributed by atoms with Gasteiger partial charge in [-0.05, 0) is 142 Å². The molecule has 0 saturated carbocycles. The van der Waals surface area contributed by atoms with Crippen LogP contribution in [0.15, 0.2) is 56.1 Å². The van der Waals surface area contributed by atoms with Crippen LogP contribution in [-0.4, -0.2) is 24.9 Å². The first-order chi connectivity index (χ1) is 39.2. The summed E-state index contributed by atoms with van der Waals surface area (Å²) in [6.45, 7) is 15.2. The predicted molar refractivity (Wildman–Crippen MR) is 361 cm³/mol. The molecule has 4 heterocycles. The van der Waals surface area contributed by atoms with Gasteiger partial charge in [0.1, 0.15) is 0 Å². The van der Waals surface area contributed by atoms with Gasteiger partial charge < -0.3 is 9.80 Å². The van der Waals surface area contributed by atoms with E-state index in [0.29, 0.717) is 36.1 Å². The molecule has 2 aliphatic heterocycles. The van der Waals surface area contributed by atoms with E-state index >= 15 is 9.59 Å². The Morgan fingerprint density at radius 2 is 0.662 bits per heavy atom. The molecule has 0 bridgehead atoms. The van der Waals surface area contributed by atoms with Crippen molar-refractivity contribution in [3.8, 4) is 20.9 Å². The van der Waals surface area contributed by atoms with Crippen LogP contribution in [0.25, 0.3) is 32.0 Å². The highest BCUT2D eigenvalue weighted by molar-refractivity contribution is 9.11. The summed E-state index contributed by atoms with van der Waals surface area (Å²) >= 11 is 11.6. The highest BCUT2D eigenvalue weighted by Crippen LogP contribution is 2.51. The van der Waals surface area contributed by atoms with E-state index in [1.165, 1.54) is 234 Å². The summed E-state index contributed by atoms with van der Waals surface area (Å²) in [6, 6.07) is 18.3. The number of anilines is 2. The third-order valence-electron chi connectivity index (χ3n) is 17.7. The van der Waals surface area contributed by atoms with Gasteiger partial charge in [0.05, 0.1) is 30.1 Å². The molecule has 2 atom stereocenters. The largest absolute Gasteiger partial charge is 0.307 e. The minimum atomic E-state index is 0.0136. The Balaban J connectivity index is 1.43. The molecule has 0 aliphatic carbocycles. The number of nitrogens with zero attached hydrogens (tertiary/aromatic N) is 2. The van der Waals surface area contributed by atoms with Crippen molar-refractivity contribution < 1.29 is 9.59 Å². The Morgan fingerprint density at radius 1 is 0.375 bits per heavy atom. The van der Waals surface area contributed by atoms with Gasteiger partial charge in [-0.2, -0.15) is 0 Å². The van der Waals surface area contributed by atoms with Crippen LogP contribution in [0.2, 0.25) is 0 Å². The highest BCUT2D eigenvalue weighted by atomic mass is 79.9. The van der Waals surface area contributed by atoms with E-state index < -0.39 is 0 Å². The zero-order valence-corrected chi connectivity index (χ0v) is 56.1. The fourth-order valence-electron chi connectivity index (χ4n) is 12.8. The van der Waals surface area contributed by atoms with Gasteiger partial charge in [-0.25, -0.2) is 0 Å². The Hall–Kier alpha value is -2.52. The van der Waals surface area contributed by atoms with E-state index in [1.54, 1.807) is 0 Å². The molecule has 4 aromatic rings. The van der Waals surface area contributed by atoms with Crippen LogP contribution in [0.5, 0.6) is 0 Å². The van der Waals surface area contributed by atoms with E-state index in [-0.39, 0.29) is 11.8 Å². The molecule has 0 spiro atoms. The SMILES string of the molecule is CCCCCCCCc1cc(-c2ccc3c(c2)N(CC(CCCCCC)CCCCCCCC)C(=O)C3=C2C(=O)N(CC(CCCCCC)CCCCCCCC)c3cc(-c4cc(CCCCCCCC)c(Br)s4)ccc32)sc1Br. The molecular formula is C72H108Br2N2O2S2. The number of aryl methyl sites for hydroxylation is 2. The minimum absolute atomic E-state index is 0.0136. The lowest BCUT2D eigenvalue weighted by Gasteiger charge is -2.25. The maximum atomic E-state index is 15.9. The first kappa shape index (κ1) is 66.6. The molecular weight excluding hydrogens is 1150 g/mol. The molecule has 8 heteroatoms. The molecule has 6 rings (SSSR count). The Labute approximate surface area is 514 Å². The molecule has 0 N–H and O–H groups in total. The number of rotatable bonds is 44. The monoisotopic (exact) mass is 1250 g/mol. The summed E-state index contributed by atoms with van der Waals surface area (Å²) < 4.78 is 2.44. The van der Waals surface area contributed by atoms with Gasteiger partial charge in [-0.1, -0.05) is 258 Å². The number of unbranched alkanes of at least 4 members (excludes halogenated alkanes) is 26. The van der Waals surface area contributed by atoms with Crippen LogP contribution in [0, 0.1) is 11.8 Å². The van der Waals surface area contributed by atoms with Crippen LogP contribution in [0.3, 0.4) is 0 Å². The molecule has 2 amide bonds. The molecule has 2 unspecified atom stereocenters. The van der Waals surface area contributed by atoms with Gasteiger partial charge in [-0.3, -0.25) is 9.59 Å². The van der Waals surface area contributed by atoms with Gasteiger partial charge in [0.15, 0.2) is 0 Å². The fraction of sp³-hybridized carbons (Fsp3) is 0.667. The lowest BCUT2D eigenvalue weighted by atomic mass is 9.93. The van der Waals surface area contributed by atoms with Crippen molar-refractivity contribution in [2.45, 2.75) is 286 Å². The molecule has 2 aromatic carbocycles. The van der Waals surface area contributed by atoms with Crippen LogP contribution >= 0.6 is 54.5 Å². The van der Waals surface area contributed by atoms with E-state index in [0.717, 1.165) is 72.2 Å². The molecule has 0 radical (unpaired) electrons. The molecule has 0 saturated heterocycles. The number of benzene rings is 2. The first-order valence-corrected chi connectivity index (χ1v) is 36.6. The third kappa shape index (κ3) is 20.3. The number of hydrogen-bond donors (Lipinski definition) is 0. The summed E-state index contributed by atoms with van der Waals surface area (Å²) in [7, 11) is 0. The van der Waals surface area contributed by atoms with Crippen LogP contribution in [0.4, 0.5) is 11.4 Å². The van der Waals surface area contributed by atoms with Gasteiger partial charge in [-0.15, -0.1) is 22.7 Å². The Morgan fingerprint density at radius 3 is 0.988 bits per heavy atom. The van der Waals surface area contributed by atoms with E-state index in [2.05, 4.69) is 132 Å². The molecule has 80 heavy (non-hydrogen) atoms. The number of carbonyl (C=O) groups is 2. The number of carbonyl (C=O) groups excluding carboxylic acids is 2. The molecule has 0 fully saturated rings. The number of thiophene rings is 2. The van der Waals surface area contributed by atoms with E-state index in [9.17, 15) is 0 Å². The fourth-order valence-corrected chi connectivity index (χ4v) is 16.3.